The molecule has 0 bridgehead atoms. The minimum atomic E-state index is 0.233. The lowest BCUT2D eigenvalue weighted by molar-refractivity contribution is 0.311. The molecule has 2 nitrogen and oxygen atoms in total. The summed E-state index contributed by atoms with van der Waals surface area (Å²) in [5.41, 5.74) is 0. The second kappa shape index (κ2) is 3.29. The van der Waals surface area contributed by atoms with Crippen molar-refractivity contribution in [1.82, 2.24) is 0 Å². The monoisotopic (exact) mass is 70.0 g/mol. The van der Waals surface area contributed by atoms with Crippen molar-refractivity contribution in [2.45, 2.75) is 0 Å². The average Bonchev–Trinajstić information content (AvgIpc) is 1.41. The predicted molar refractivity (Wildman–Crippen MR) is 16.9 cm³/mol. The summed E-state index contributed by atoms with van der Waals surface area (Å²) in [6.45, 7) is 3.46. The molecule has 0 atom stereocenters. The van der Waals surface area contributed by atoms with E-state index < -0.39 is 0 Å². The first-order valence-electron chi connectivity index (χ1n) is 1.22. The number of rotatable bonds is 1. The maximum atomic E-state index is 7.55. The van der Waals surface area contributed by atoms with Gasteiger partial charge in [0.1, 0.15) is 6.61 Å². The molecule has 0 spiro atoms. The van der Waals surface area contributed by atoms with Gasteiger partial charge in [-0.1, -0.05) is 0 Å². The summed E-state index contributed by atoms with van der Waals surface area (Å²) in [5, 5.41) is 7.55. The van der Waals surface area contributed by atoms with E-state index in [0.29, 0.717) is 0 Å². The van der Waals surface area contributed by atoms with E-state index in [1.165, 1.54) is 6.26 Å². The molecule has 0 aliphatic carbocycles. The molecular formula is C3H4NO. The van der Waals surface area contributed by atoms with Crippen LogP contribution in [0.25, 0.3) is 0 Å². The lowest BCUT2D eigenvalue weighted by Crippen LogP contribution is -1.73. The number of nitrogens with zero attached hydrogens (tertiary/aromatic N) is 1. The molecule has 0 heterocycles. The summed E-state index contributed by atoms with van der Waals surface area (Å²) >= 11 is 0. The molecule has 1 radical (unpaired) electrons. The zero-order chi connectivity index (χ0) is 4.12. The van der Waals surface area contributed by atoms with Crippen LogP contribution in [0.5, 0.6) is 0 Å². The third kappa shape index (κ3) is 3.29. The van der Waals surface area contributed by atoms with Crippen molar-refractivity contribution in [3.8, 4) is 6.26 Å². The van der Waals surface area contributed by atoms with Gasteiger partial charge >= 0.3 is 0 Å². The van der Waals surface area contributed by atoms with Crippen molar-refractivity contribution in [3.63, 3.8) is 0 Å². The van der Waals surface area contributed by atoms with Gasteiger partial charge in [0.2, 0.25) is 0 Å². The van der Waals surface area contributed by atoms with Crippen LogP contribution in [0.15, 0.2) is 0 Å². The van der Waals surface area contributed by atoms with Crippen LogP contribution in [0.1, 0.15) is 0 Å². The number of nitriles is 1. The van der Waals surface area contributed by atoms with Crippen molar-refractivity contribution in [2.75, 3.05) is 6.61 Å². The lowest BCUT2D eigenvalue weighted by atomic mass is 10.9. The van der Waals surface area contributed by atoms with Gasteiger partial charge in [-0.15, -0.1) is 0 Å². The molecule has 27 valence electrons. The topological polar surface area (TPSA) is 33.0 Å². The maximum absolute atomic E-state index is 7.55. The molecule has 0 aromatic rings. The SMILES string of the molecule is [CH2]COC#N. The number of ether oxygens (including phenoxy) is 1. The minimum absolute atomic E-state index is 0.233. The Balaban J connectivity index is 2.48. The number of hydrogen-bond acceptors (Lipinski definition) is 2. The zero-order valence-corrected chi connectivity index (χ0v) is 2.77. The molecule has 0 saturated heterocycles. The Morgan fingerprint density at radius 2 is 2.60 bits per heavy atom. The van der Waals surface area contributed by atoms with Crippen molar-refractivity contribution in [1.29, 1.82) is 5.26 Å². The van der Waals surface area contributed by atoms with E-state index in [4.69, 9.17) is 5.26 Å². The maximum Gasteiger partial charge on any atom is 0.286 e. The summed E-state index contributed by atoms with van der Waals surface area (Å²) in [7, 11) is 0. The molecule has 0 rings (SSSR count). The standard InChI is InChI=1S/C3H4NO/c1-2-5-3-4/h1-2H2. The van der Waals surface area contributed by atoms with E-state index in [9.17, 15) is 0 Å². The summed E-state index contributed by atoms with van der Waals surface area (Å²) < 4.78 is 4.03. The quantitative estimate of drug-likeness (QED) is 0.416. The molecule has 5 heavy (non-hydrogen) atoms. The Morgan fingerprint density at radius 3 is 2.60 bits per heavy atom. The van der Waals surface area contributed by atoms with Crippen molar-refractivity contribution >= 4 is 0 Å². The number of hydrogen-bond donors (Lipinski definition) is 0. The predicted octanol–water partition coefficient (Wildman–Crippen LogP) is 0.318. The van der Waals surface area contributed by atoms with Gasteiger partial charge in [0.05, 0.1) is 0 Å². The fourth-order valence-electron chi connectivity index (χ4n) is 0.0456. The summed E-state index contributed by atoms with van der Waals surface area (Å²) in [6.07, 6.45) is 1.45. The highest BCUT2D eigenvalue weighted by Gasteiger charge is 1.60. The molecule has 0 N–H and O–H groups in total. The second-order valence-corrected chi connectivity index (χ2v) is 0.440. The normalized spacial score (nSPS) is 5.60. The first-order chi connectivity index (χ1) is 2.41. The molecular weight excluding hydrogens is 66.0 g/mol. The van der Waals surface area contributed by atoms with Crippen LogP contribution in [0.4, 0.5) is 0 Å². The molecule has 0 fully saturated rings. The van der Waals surface area contributed by atoms with E-state index in [1.807, 2.05) is 0 Å². The fourth-order valence-corrected chi connectivity index (χ4v) is 0.0456. The van der Waals surface area contributed by atoms with Crippen LogP contribution in [0.3, 0.4) is 0 Å². The smallest absolute Gasteiger partial charge is 0.286 e. The summed E-state index contributed by atoms with van der Waals surface area (Å²) in [4.78, 5) is 0. The molecule has 0 saturated carbocycles. The van der Waals surface area contributed by atoms with E-state index >= 15 is 0 Å². The van der Waals surface area contributed by atoms with Gasteiger partial charge in [0.15, 0.2) is 0 Å². The highest BCUT2D eigenvalue weighted by atomic mass is 16.5. The van der Waals surface area contributed by atoms with Crippen LogP contribution in [-0.4, -0.2) is 6.61 Å². The van der Waals surface area contributed by atoms with Crippen LogP contribution in [0.2, 0.25) is 0 Å². The van der Waals surface area contributed by atoms with Crippen molar-refractivity contribution in [2.24, 2.45) is 0 Å². The van der Waals surface area contributed by atoms with Gasteiger partial charge in [0, 0.05) is 0 Å². The summed E-state index contributed by atoms with van der Waals surface area (Å²) in [5.74, 6) is 0. The first-order valence-corrected chi connectivity index (χ1v) is 1.22. The third-order valence-corrected chi connectivity index (χ3v) is 0.167. The molecule has 0 aliphatic heterocycles. The van der Waals surface area contributed by atoms with Crippen LogP contribution < -0.4 is 0 Å². The largest absolute Gasteiger partial charge is 0.428 e. The van der Waals surface area contributed by atoms with Gasteiger partial charge in [-0.05, 0) is 6.92 Å². The Morgan fingerprint density at radius 1 is 2.00 bits per heavy atom. The van der Waals surface area contributed by atoms with E-state index in [0.717, 1.165) is 0 Å². The highest BCUT2D eigenvalue weighted by Crippen LogP contribution is 1.57. The molecule has 2 heteroatoms. The molecule has 0 unspecified atom stereocenters. The van der Waals surface area contributed by atoms with Gasteiger partial charge in [0.25, 0.3) is 6.26 Å². The molecule has 0 aromatic heterocycles. The van der Waals surface area contributed by atoms with Gasteiger partial charge in [-0.25, -0.2) is 0 Å². The van der Waals surface area contributed by atoms with Crippen molar-refractivity contribution < 1.29 is 4.74 Å². The molecule has 0 aromatic carbocycles. The lowest BCUT2D eigenvalue weighted by Gasteiger charge is -1.75. The Hall–Kier alpha value is -0.710. The fraction of sp³-hybridized carbons (Fsp3) is 0.333. The van der Waals surface area contributed by atoms with Crippen LogP contribution >= 0.6 is 0 Å². The van der Waals surface area contributed by atoms with Crippen LogP contribution in [-0.2, 0) is 4.74 Å². The first kappa shape index (κ1) is 4.29. The second-order valence-electron chi connectivity index (χ2n) is 0.440. The Kier molecular flexibility index (Phi) is 2.82. The Bertz CT molecular complexity index is 45.3. The van der Waals surface area contributed by atoms with Gasteiger partial charge in [-0.3, -0.25) is 0 Å². The van der Waals surface area contributed by atoms with Crippen molar-refractivity contribution in [3.05, 3.63) is 6.92 Å². The minimum Gasteiger partial charge on any atom is -0.428 e. The molecule has 0 aliphatic rings. The van der Waals surface area contributed by atoms with E-state index in [1.54, 1.807) is 0 Å². The van der Waals surface area contributed by atoms with E-state index in [2.05, 4.69) is 11.7 Å². The highest BCUT2D eigenvalue weighted by molar-refractivity contribution is 4.46. The van der Waals surface area contributed by atoms with Gasteiger partial charge in [-0.2, -0.15) is 5.26 Å². The molecule has 0 amide bonds. The summed E-state index contributed by atoms with van der Waals surface area (Å²) in [6, 6.07) is 0. The van der Waals surface area contributed by atoms with Crippen LogP contribution in [0, 0.1) is 18.4 Å². The zero-order valence-electron chi connectivity index (χ0n) is 2.77. The third-order valence-electron chi connectivity index (χ3n) is 0.167. The average molecular weight is 70.1 g/mol. The van der Waals surface area contributed by atoms with Gasteiger partial charge < -0.3 is 4.74 Å². The van der Waals surface area contributed by atoms with E-state index in [-0.39, 0.29) is 6.61 Å². The Labute approximate surface area is 31.0 Å².